The van der Waals surface area contributed by atoms with Crippen LogP contribution in [-0.4, -0.2) is 79.8 Å². The summed E-state index contributed by atoms with van der Waals surface area (Å²) in [5.41, 5.74) is 3.34. The first kappa shape index (κ1) is 31.0. The second-order valence-corrected chi connectivity index (χ2v) is 12.9. The quantitative estimate of drug-likeness (QED) is 0.252. The number of amides is 2. The predicted molar refractivity (Wildman–Crippen MR) is 172 cm³/mol. The minimum Gasteiger partial charge on any atom is -0.465 e. The van der Waals surface area contributed by atoms with Crippen molar-refractivity contribution in [3.8, 4) is 5.69 Å². The maximum Gasteiger partial charge on any atom is 0.405 e. The molecule has 2 saturated heterocycles. The molecule has 0 radical (unpaired) electrons. The lowest BCUT2D eigenvalue weighted by atomic mass is 9.76. The van der Waals surface area contributed by atoms with E-state index in [4.69, 9.17) is 23.2 Å². The number of tetrazole rings is 1. The SMILES string of the molecule is Cc1ccc(-n2cnnn2)cc1C(=O)N1CCC(CCN2CCC(NC(=O)O)(c3ccccc3)CC2)(c2ccc(Cl)c(Cl)c2)C1. The second kappa shape index (κ2) is 12.8. The van der Waals surface area contributed by atoms with E-state index in [1.807, 2.05) is 78.6 Å². The van der Waals surface area contributed by atoms with Crippen LogP contribution in [0.2, 0.25) is 10.0 Å². The van der Waals surface area contributed by atoms with Gasteiger partial charge in [0.25, 0.3) is 5.91 Å². The fraction of sp³-hybridized carbons (Fsp3) is 0.364. The summed E-state index contributed by atoms with van der Waals surface area (Å²) in [4.78, 5) is 30.1. The van der Waals surface area contributed by atoms with Crippen molar-refractivity contribution in [1.82, 2.24) is 35.3 Å². The Morgan fingerprint density at radius 3 is 2.40 bits per heavy atom. The van der Waals surface area contributed by atoms with Crippen molar-refractivity contribution in [1.29, 1.82) is 0 Å². The summed E-state index contributed by atoms with van der Waals surface area (Å²) in [5.74, 6) is -0.0327. The van der Waals surface area contributed by atoms with E-state index in [1.165, 1.54) is 11.0 Å². The number of carbonyl (C=O) groups is 2. The molecule has 0 aliphatic carbocycles. The fourth-order valence-electron chi connectivity index (χ4n) is 6.87. The number of carboxylic acid groups (broad SMARTS) is 1. The van der Waals surface area contributed by atoms with Gasteiger partial charge < -0.3 is 20.2 Å². The van der Waals surface area contributed by atoms with E-state index < -0.39 is 11.6 Å². The van der Waals surface area contributed by atoms with Crippen LogP contribution in [-0.2, 0) is 11.0 Å². The van der Waals surface area contributed by atoms with Crippen LogP contribution in [0.3, 0.4) is 0 Å². The Bertz CT molecular complexity index is 1680. The molecular formula is C33H35Cl2N7O3. The molecule has 1 aromatic heterocycles. The molecule has 1 unspecified atom stereocenters. The molecule has 0 saturated carbocycles. The number of piperidine rings is 1. The first-order chi connectivity index (χ1) is 21.7. The number of aryl methyl sites for hydroxylation is 1. The number of benzene rings is 3. The Kier molecular flexibility index (Phi) is 8.81. The summed E-state index contributed by atoms with van der Waals surface area (Å²) in [5, 5.41) is 24.9. The first-order valence-electron chi connectivity index (χ1n) is 15.1. The van der Waals surface area contributed by atoms with Crippen LogP contribution in [0.5, 0.6) is 0 Å². The molecule has 234 valence electrons. The molecular weight excluding hydrogens is 613 g/mol. The summed E-state index contributed by atoms with van der Waals surface area (Å²) in [6, 6.07) is 21.3. The van der Waals surface area contributed by atoms with Crippen molar-refractivity contribution in [2.75, 3.05) is 32.7 Å². The highest BCUT2D eigenvalue weighted by Crippen LogP contribution is 2.42. The van der Waals surface area contributed by atoms with Crippen LogP contribution in [0.4, 0.5) is 4.79 Å². The molecule has 10 nitrogen and oxygen atoms in total. The Labute approximate surface area is 271 Å². The maximum atomic E-state index is 14.0. The fourth-order valence-corrected chi connectivity index (χ4v) is 7.16. The van der Waals surface area contributed by atoms with Gasteiger partial charge in [-0.1, -0.05) is 65.7 Å². The summed E-state index contributed by atoms with van der Waals surface area (Å²) in [6.45, 7) is 5.38. The molecule has 2 fully saturated rings. The lowest BCUT2D eigenvalue weighted by Crippen LogP contribution is -2.53. The van der Waals surface area contributed by atoms with Crippen molar-refractivity contribution in [2.45, 2.75) is 43.6 Å². The van der Waals surface area contributed by atoms with Crippen LogP contribution in [0, 0.1) is 6.92 Å². The summed E-state index contributed by atoms with van der Waals surface area (Å²) in [6.07, 6.45) is 3.43. The largest absolute Gasteiger partial charge is 0.465 e. The average Bonchev–Trinajstić information content (AvgIpc) is 3.74. The van der Waals surface area contributed by atoms with E-state index in [-0.39, 0.29) is 11.3 Å². The van der Waals surface area contributed by atoms with Crippen molar-refractivity contribution in [2.24, 2.45) is 0 Å². The van der Waals surface area contributed by atoms with Gasteiger partial charge in [0, 0.05) is 37.2 Å². The Hall–Kier alpha value is -3.99. The number of aromatic nitrogens is 4. The van der Waals surface area contributed by atoms with Crippen molar-refractivity contribution in [3.63, 3.8) is 0 Å². The Morgan fingerprint density at radius 2 is 1.71 bits per heavy atom. The van der Waals surface area contributed by atoms with Gasteiger partial charge in [-0.15, -0.1) is 5.10 Å². The zero-order valence-corrected chi connectivity index (χ0v) is 26.5. The number of nitrogens with one attached hydrogen (secondary N) is 1. The minimum absolute atomic E-state index is 0.0327. The number of hydrogen-bond donors (Lipinski definition) is 2. The Balaban J connectivity index is 1.21. The number of nitrogens with zero attached hydrogens (tertiary/aromatic N) is 6. The lowest BCUT2D eigenvalue weighted by Gasteiger charge is -2.43. The monoisotopic (exact) mass is 647 g/mol. The van der Waals surface area contributed by atoms with Crippen LogP contribution < -0.4 is 5.32 Å². The normalized spacial score (nSPS) is 19.8. The molecule has 2 amide bonds. The summed E-state index contributed by atoms with van der Waals surface area (Å²) in [7, 11) is 0. The third kappa shape index (κ3) is 6.40. The molecule has 0 bridgehead atoms. The molecule has 1 atom stereocenters. The van der Waals surface area contributed by atoms with Crippen molar-refractivity contribution >= 4 is 35.2 Å². The molecule has 45 heavy (non-hydrogen) atoms. The van der Waals surface area contributed by atoms with Gasteiger partial charge in [0.1, 0.15) is 6.33 Å². The third-order valence-corrected chi connectivity index (χ3v) is 10.3. The van der Waals surface area contributed by atoms with Crippen molar-refractivity contribution in [3.05, 3.63) is 105 Å². The second-order valence-electron chi connectivity index (χ2n) is 12.1. The average molecular weight is 649 g/mol. The van der Waals surface area contributed by atoms with Gasteiger partial charge >= 0.3 is 6.09 Å². The van der Waals surface area contributed by atoms with E-state index >= 15 is 0 Å². The Morgan fingerprint density at radius 1 is 0.933 bits per heavy atom. The number of halogens is 2. The van der Waals surface area contributed by atoms with E-state index in [9.17, 15) is 14.7 Å². The topological polar surface area (TPSA) is 116 Å². The highest BCUT2D eigenvalue weighted by atomic mass is 35.5. The van der Waals surface area contributed by atoms with Gasteiger partial charge in [-0.25, -0.2) is 9.48 Å². The van der Waals surface area contributed by atoms with E-state index in [2.05, 4.69) is 25.7 Å². The van der Waals surface area contributed by atoms with Crippen molar-refractivity contribution < 1.29 is 14.7 Å². The van der Waals surface area contributed by atoms with Gasteiger partial charge in [0.05, 0.1) is 21.3 Å². The van der Waals surface area contributed by atoms with Gasteiger partial charge in [-0.3, -0.25) is 4.79 Å². The predicted octanol–water partition coefficient (Wildman–Crippen LogP) is 5.71. The molecule has 3 aromatic carbocycles. The molecule has 2 aliphatic rings. The lowest BCUT2D eigenvalue weighted by molar-refractivity contribution is 0.0776. The van der Waals surface area contributed by atoms with Crippen LogP contribution in [0.25, 0.3) is 5.69 Å². The summed E-state index contributed by atoms with van der Waals surface area (Å²) >= 11 is 12.8. The molecule has 3 heterocycles. The smallest absolute Gasteiger partial charge is 0.405 e. The molecule has 2 aliphatic heterocycles. The first-order valence-corrected chi connectivity index (χ1v) is 15.8. The zero-order chi connectivity index (χ0) is 31.6. The number of carbonyl (C=O) groups excluding carboxylic acids is 1. The van der Waals surface area contributed by atoms with Gasteiger partial charge in [-0.05, 0) is 90.5 Å². The minimum atomic E-state index is -1.01. The molecule has 2 N–H and O–H groups in total. The maximum absolute atomic E-state index is 14.0. The van der Waals surface area contributed by atoms with Crippen LogP contribution in [0.1, 0.15) is 52.7 Å². The molecule has 12 heteroatoms. The van der Waals surface area contributed by atoms with E-state index in [0.29, 0.717) is 41.5 Å². The van der Waals surface area contributed by atoms with E-state index in [1.54, 1.807) is 0 Å². The number of rotatable bonds is 8. The van der Waals surface area contributed by atoms with E-state index in [0.717, 1.165) is 54.9 Å². The number of likely N-dealkylation sites (tertiary alicyclic amines) is 2. The van der Waals surface area contributed by atoms with Gasteiger partial charge in [0.15, 0.2) is 0 Å². The number of hydrogen-bond acceptors (Lipinski definition) is 6. The van der Waals surface area contributed by atoms with Gasteiger partial charge in [-0.2, -0.15) is 0 Å². The van der Waals surface area contributed by atoms with Gasteiger partial charge in [0.2, 0.25) is 0 Å². The standard InChI is InChI=1S/C33H35Cl2N7O3/c1-23-7-9-26(42-22-36-38-39-42)20-27(23)30(43)41-18-12-32(21-41,25-8-10-28(34)29(35)19-25)11-15-40-16-13-33(14-17-40,37-31(44)45)24-5-3-2-4-6-24/h2-10,19-20,22,37H,11-18,21H2,1H3,(H,44,45). The molecule has 0 spiro atoms. The zero-order valence-electron chi connectivity index (χ0n) is 25.0. The molecule has 4 aromatic rings. The molecule has 6 rings (SSSR count). The van der Waals surface area contributed by atoms with Crippen LogP contribution in [0.15, 0.2) is 73.1 Å². The highest BCUT2D eigenvalue weighted by molar-refractivity contribution is 6.42. The highest BCUT2D eigenvalue weighted by Gasteiger charge is 2.43. The summed E-state index contributed by atoms with van der Waals surface area (Å²) < 4.78 is 1.54. The van der Waals surface area contributed by atoms with Crippen LogP contribution >= 0.6 is 23.2 Å². The third-order valence-electron chi connectivity index (χ3n) is 9.53.